The Bertz CT molecular complexity index is 454. The molecule has 0 saturated carbocycles. The summed E-state index contributed by atoms with van der Waals surface area (Å²) in [7, 11) is -0.443. The highest BCUT2D eigenvalue weighted by Crippen LogP contribution is 1.92. The molecule has 13 heavy (non-hydrogen) atoms. The van der Waals surface area contributed by atoms with Crippen molar-refractivity contribution in [1.29, 1.82) is 0 Å². The highest BCUT2D eigenvalue weighted by molar-refractivity contribution is 7.90. The van der Waals surface area contributed by atoms with Crippen LogP contribution in [0.2, 0.25) is 0 Å². The van der Waals surface area contributed by atoms with Crippen molar-refractivity contribution in [2.45, 2.75) is 5.03 Å². The molecule has 0 saturated heterocycles. The molecule has 1 aromatic rings. The minimum absolute atomic E-state index is 0.419. The SMILES string of the molecule is CN(C)[n+]1[nH]oc(=O)c1S(C)(=O)=O. The zero-order valence-corrected chi connectivity index (χ0v) is 8.25. The van der Waals surface area contributed by atoms with Crippen LogP contribution in [0.3, 0.4) is 0 Å². The fraction of sp³-hybridized carbons (Fsp3) is 0.600. The van der Waals surface area contributed by atoms with Gasteiger partial charge in [-0.15, -0.1) is 0 Å². The normalized spacial score (nSPS) is 11.6. The summed E-state index contributed by atoms with van der Waals surface area (Å²) in [5.74, 6) is 0. The number of H-pyrrole nitrogens is 1. The molecular weight excluding hydrogens is 198 g/mol. The topological polar surface area (TPSA) is 87.3 Å². The molecule has 8 heteroatoms. The lowest BCUT2D eigenvalue weighted by Gasteiger charge is -1.99. The molecule has 0 unspecified atom stereocenters. The Hall–Kier alpha value is -1.31. The van der Waals surface area contributed by atoms with Crippen molar-refractivity contribution in [3.8, 4) is 0 Å². The average Bonchev–Trinajstić information content (AvgIpc) is 2.28. The van der Waals surface area contributed by atoms with Crippen molar-refractivity contribution in [1.82, 2.24) is 5.27 Å². The second-order valence-corrected chi connectivity index (χ2v) is 4.65. The Labute approximate surface area is 74.4 Å². The minimum Gasteiger partial charge on any atom is -0.279 e. The molecule has 0 bridgehead atoms. The highest BCUT2D eigenvalue weighted by Gasteiger charge is 2.33. The third kappa shape index (κ3) is 1.72. The quantitative estimate of drug-likeness (QED) is 0.560. The van der Waals surface area contributed by atoms with Gasteiger partial charge in [0.1, 0.15) is 0 Å². The lowest BCUT2D eigenvalue weighted by Crippen LogP contribution is -2.58. The molecular formula is C5H10N3O4S+. The number of aromatic nitrogens is 2. The molecule has 7 nitrogen and oxygen atoms in total. The van der Waals surface area contributed by atoms with Crippen LogP contribution in [0.25, 0.3) is 0 Å². The van der Waals surface area contributed by atoms with E-state index in [2.05, 4.69) is 9.79 Å². The summed E-state index contributed by atoms with van der Waals surface area (Å²) >= 11 is 0. The third-order valence-corrected chi connectivity index (χ3v) is 2.39. The number of nitrogens with zero attached hydrogens (tertiary/aromatic N) is 2. The van der Waals surface area contributed by atoms with Crippen LogP contribution in [-0.2, 0) is 9.84 Å². The maximum Gasteiger partial charge on any atom is 0.450 e. The first-order chi connectivity index (χ1) is 5.84. The van der Waals surface area contributed by atoms with E-state index in [0.717, 1.165) is 11.0 Å². The predicted octanol–water partition coefficient (Wildman–Crippen LogP) is -2.14. The van der Waals surface area contributed by atoms with Gasteiger partial charge in [0, 0.05) is 11.5 Å². The summed E-state index contributed by atoms with van der Waals surface area (Å²) in [5.41, 5.74) is -0.906. The second kappa shape index (κ2) is 2.87. The van der Waals surface area contributed by atoms with Crippen molar-refractivity contribution in [2.24, 2.45) is 0 Å². The van der Waals surface area contributed by atoms with E-state index in [-0.39, 0.29) is 0 Å². The number of rotatable bonds is 2. The van der Waals surface area contributed by atoms with E-state index in [1.807, 2.05) is 0 Å². The third-order valence-electron chi connectivity index (χ3n) is 1.34. The molecule has 0 spiro atoms. The standard InChI is InChI=1S/C5H9N3O4S/c1-7(2)8-4(13(3,10)11)5(9)12-6-8/h1-3H3/p+1. The Morgan fingerprint density at radius 1 is 1.46 bits per heavy atom. The molecule has 0 aliphatic carbocycles. The van der Waals surface area contributed by atoms with Crippen LogP contribution in [0.15, 0.2) is 14.3 Å². The van der Waals surface area contributed by atoms with Crippen LogP contribution < -0.4 is 15.4 Å². The summed E-state index contributed by atoms with van der Waals surface area (Å²) in [6.07, 6.45) is 0.938. The molecule has 1 N–H and O–H groups in total. The maximum absolute atomic E-state index is 11.1. The van der Waals surface area contributed by atoms with E-state index >= 15 is 0 Å². The number of hydrogen-bond donors (Lipinski definition) is 1. The van der Waals surface area contributed by atoms with Gasteiger partial charge in [0.15, 0.2) is 0 Å². The van der Waals surface area contributed by atoms with Gasteiger partial charge >= 0.3 is 10.7 Å². The van der Waals surface area contributed by atoms with Crippen LogP contribution in [0.1, 0.15) is 0 Å². The van der Waals surface area contributed by atoms with Gasteiger partial charge in [0.2, 0.25) is 9.84 Å². The maximum atomic E-state index is 11.1. The van der Waals surface area contributed by atoms with Crippen molar-refractivity contribution in [2.75, 3.05) is 25.4 Å². The van der Waals surface area contributed by atoms with Crippen molar-refractivity contribution < 1.29 is 17.7 Å². The molecule has 1 rings (SSSR count). The van der Waals surface area contributed by atoms with Gasteiger partial charge in [-0.2, -0.15) is 5.01 Å². The molecule has 0 aromatic carbocycles. The number of sulfone groups is 1. The fourth-order valence-corrected chi connectivity index (χ4v) is 1.69. The van der Waals surface area contributed by atoms with E-state index < -0.39 is 20.5 Å². The van der Waals surface area contributed by atoms with E-state index in [1.165, 1.54) is 5.01 Å². The monoisotopic (exact) mass is 208 g/mol. The lowest BCUT2D eigenvalue weighted by molar-refractivity contribution is -0.785. The second-order valence-electron chi connectivity index (χ2n) is 2.72. The van der Waals surface area contributed by atoms with Gasteiger partial charge in [-0.05, 0) is 0 Å². The minimum atomic E-state index is -3.58. The molecule has 0 amide bonds. The summed E-state index contributed by atoms with van der Waals surface area (Å²) in [5, 5.41) is 3.11. The number of nitrogens with one attached hydrogen (secondary N) is 1. The Morgan fingerprint density at radius 3 is 2.31 bits per heavy atom. The van der Waals surface area contributed by atoms with E-state index in [1.54, 1.807) is 14.1 Å². The number of aromatic amines is 1. The van der Waals surface area contributed by atoms with Gasteiger partial charge < -0.3 is 0 Å². The Morgan fingerprint density at radius 2 is 2.00 bits per heavy atom. The van der Waals surface area contributed by atoms with Crippen LogP contribution in [0.5, 0.6) is 0 Å². The smallest absolute Gasteiger partial charge is 0.279 e. The molecule has 74 valence electrons. The van der Waals surface area contributed by atoms with E-state index in [0.29, 0.717) is 0 Å². The van der Waals surface area contributed by atoms with Crippen molar-refractivity contribution >= 4 is 9.84 Å². The van der Waals surface area contributed by atoms with Crippen LogP contribution in [-0.4, -0.2) is 34.0 Å². The van der Waals surface area contributed by atoms with Crippen LogP contribution >= 0.6 is 0 Å². The van der Waals surface area contributed by atoms with Gasteiger partial charge in [0.25, 0.3) is 0 Å². The van der Waals surface area contributed by atoms with Gasteiger partial charge in [-0.3, -0.25) is 4.52 Å². The molecule has 0 atom stereocenters. The first-order valence-corrected chi connectivity index (χ1v) is 5.24. The highest BCUT2D eigenvalue weighted by atomic mass is 32.2. The summed E-state index contributed by atoms with van der Waals surface area (Å²) in [6.45, 7) is 0. The zero-order valence-electron chi connectivity index (χ0n) is 7.44. The molecule has 1 heterocycles. The summed E-state index contributed by atoms with van der Waals surface area (Å²) < 4.78 is 26.6. The van der Waals surface area contributed by atoms with Crippen LogP contribution in [0, 0.1) is 0 Å². The summed E-state index contributed by atoms with van der Waals surface area (Å²) in [4.78, 5) is 12.0. The predicted molar refractivity (Wildman–Crippen MR) is 42.7 cm³/mol. The zero-order chi connectivity index (χ0) is 10.2. The molecule has 0 radical (unpaired) electrons. The largest absolute Gasteiger partial charge is 0.450 e. The average molecular weight is 208 g/mol. The van der Waals surface area contributed by atoms with Crippen molar-refractivity contribution in [3.63, 3.8) is 0 Å². The van der Waals surface area contributed by atoms with E-state index in [9.17, 15) is 13.2 Å². The summed E-state index contributed by atoms with van der Waals surface area (Å²) in [6, 6.07) is 0. The Balaban J connectivity index is 3.52. The van der Waals surface area contributed by atoms with Gasteiger partial charge in [-0.1, -0.05) is 0 Å². The number of hydrogen-bond acceptors (Lipinski definition) is 5. The molecule has 0 aliphatic heterocycles. The fourth-order valence-electron chi connectivity index (χ4n) is 0.828. The molecule has 1 aromatic heterocycles. The molecule has 0 fully saturated rings. The van der Waals surface area contributed by atoms with Crippen molar-refractivity contribution in [3.05, 3.63) is 10.4 Å². The molecule has 0 aliphatic rings. The van der Waals surface area contributed by atoms with Gasteiger partial charge in [0.05, 0.1) is 18.9 Å². The van der Waals surface area contributed by atoms with Crippen LogP contribution in [0.4, 0.5) is 0 Å². The Kier molecular flexibility index (Phi) is 2.16. The van der Waals surface area contributed by atoms with Gasteiger partial charge in [-0.25, -0.2) is 13.2 Å². The van der Waals surface area contributed by atoms with E-state index in [4.69, 9.17) is 0 Å². The first-order valence-electron chi connectivity index (χ1n) is 3.35. The first kappa shape index (κ1) is 9.78. The lowest BCUT2D eigenvalue weighted by atomic mass is 10.9.